The molecule has 92 valence electrons. The summed E-state index contributed by atoms with van der Waals surface area (Å²) in [7, 11) is 0. The Morgan fingerprint density at radius 1 is 1.31 bits per heavy atom. The first kappa shape index (κ1) is 13.2. The Morgan fingerprint density at radius 2 is 1.94 bits per heavy atom. The van der Waals surface area contributed by atoms with Crippen LogP contribution in [0, 0.1) is 5.92 Å². The highest BCUT2D eigenvalue weighted by molar-refractivity contribution is 5.07. The van der Waals surface area contributed by atoms with Gasteiger partial charge in [-0.2, -0.15) is 0 Å². The summed E-state index contributed by atoms with van der Waals surface area (Å²) in [6.07, 6.45) is 1.01. The van der Waals surface area contributed by atoms with Crippen LogP contribution in [0.2, 0.25) is 0 Å². The smallest absolute Gasteiger partial charge is 0.158 e. The maximum absolute atomic E-state index is 9.26. The van der Waals surface area contributed by atoms with Gasteiger partial charge in [-0.25, -0.2) is 0 Å². The number of aliphatic hydroxyl groups excluding tert-OH is 1. The minimum absolute atomic E-state index is 0.00924. The van der Waals surface area contributed by atoms with Crippen LogP contribution in [0.3, 0.4) is 0 Å². The summed E-state index contributed by atoms with van der Waals surface area (Å²) >= 11 is 0. The van der Waals surface area contributed by atoms with E-state index in [0.29, 0.717) is 11.7 Å². The first-order valence-corrected chi connectivity index (χ1v) is 5.95. The second-order valence-corrected chi connectivity index (χ2v) is 5.34. The number of nitrogens with zero attached hydrogens (tertiary/aromatic N) is 3. The summed E-state index contributed by atoms with van der Waals surface area (Å²) in [5.74, 6) is 2.17. The van der Waals surface area contributed by atoms with Gasteiger partial charge in [0.2, 0.25) is 0 Å². The van der Waals surface area contributed by atoms with Gasteiger partial charge in [-0.3, -0.25) is 0 Å². The molecule has 0 saturated carbocycles. The highest BCUT2D eigenvalue weighted by Gasteiger charge is 2.26. The van der Waals surface area contributed by atoms with Crippen LogP contribution < -0.4 is 0 Å². The number of hydrogen-bond acceptors (Lipinski definition) is 3. The van der Waals surface area contributed by atoms with Crippen molar-refractivity contribution in [3.8, 4) is 0 Å². The molecule has 1 aromatic heterocycles. The fourth-order valence-electron chi connectivity index (χ4n) is 1.67. The number of aromatic nitrogens is 3. The minimum atomic E-state index is -0.0421. The van der Waals surface area contributed by atoms with Gasteiger partial charge in [0.25, 0.3) is 0 Å². The molecule has 0 fully saturated rings. The molecule has 1 rings (SSSR count). The van der Waals surface area contributed by atoms with Crippen molar-refractivity contribution in [1.29, 1.82) is 0 Å². The van der Waals surface area contributed by atoms with Crippen LogP contribution in [-0.4, -0.2) is 19.9 Å². The summed E-state index contributed by atoms with van der Waals surface area (Å²) in [5.41, 5.74) is 0.00924. The second-order valence-electron chi connectivity index (χ2n) is 5.34. The molecule has 1 aromatic rings. The SMILES string of the molecule is CCC(C)(C)c1nnc(CO)n1CC(C)C. The van der Waals surface area contributed by atoms with Gasteiger partial charge in [0, 0.05) is 12.0 Å². The van der Waals surface area contributed by atoms with Gasteiger partial charge in [-0.15, -0.1) is 10.2 Å². The first-order valence-electron chi connectivity index (χ1n) is 5.95. The molecule has 0 aliphatic heterocycles. The van der Waals surface area contributed by atoms with E-state index in [9.17, 15) is 5.11 Å². The van der Waals surface area contributed by atoms with Crippen molar-refractivity contribution in [1.82, 2.24) is 14.8 Å². The van der Waals surface area contributed by atoms with E-state index in [-0.39, 0.29) is 12.0 Å². The molecule has 0 atom stereocenters. The average Bonchev–Trinajstić information content (AvgIpc) is 2.60. The number of aliphatic hydroxyl groups is 1. The third-order valence-corrected chi connectivity index (χ3v) is 3.01. The lowest BCUT2D eigenvalue weighted by molar-refractivity contribution is 0.260. The van der Waals surface area contributed by atoms with E-state index in [1.165, 1.54) is 0 Å². The normalized spacial score (nSPS) is 12.4. The second kappa shape index (κ2) is 4.95. The Kier molecular flexibility index (Phi) is 4.08. The monoisotopic (exact) mass is 225 g/mol. The van der Waals surface area contributed by atoms with E-state index >= 15 is 0 Å². The molecule has 0 amide bonds. The summed E-state index contributed by atoms with van der Waals surface area (Å²) in [6.45, 7) is 11.6. The first-order chi connectivity index (χ1) is 7.42. The Labute approximate surface area is 97.7 Å². The van der Waals surface area contributed by atoms with Crippen LogP contribution in [0.25, 0.3) is 0 Å². The lowest BCUT2D eigenvalue weighted by Crippen LogP contribution is -2.24. The zero-order valence-electron chi connectivity index (χ0n) is 11.0. The van der Waals surface area contributed by atoms with Crippen molar-refractivity contribution in [2.45, 2.75) is 59.6 Å². The fraction of sp³-hybridized carbons (Fsp3) is 0.833. The van der Waals surface area contributed by atoms with Gasteiger partial charge >= 0.3 is 0 Å². The van der Waals surface area contributed by atoms with Crippen LogP contribution >= 0.6 is 0 Å². The summed E-state index contributed by atoms with van der Waals surface area (Å²) in [6, 6.07) is 0. The maximum Gasteiger partial charge on any atom is 0.158 e. The molecular formula is C12H23N3O. The van der Waals surface area contributed by atoms with Crippen molar-refractivity contribution in [3.63, 3.8) is 0 Å². The molecule has 0 aliphatic carbocycles. The molecule has 4 nitrogen and oxygen atoms in total. The standard InChI is InChI=1S/C12H23N3O/c1-6-12(4,5)11-14-13-10(8-16)15(11)7-9(2)3/h9,16H,6-8H2,1-5H3. The molecule has 0 saturated heterocycles. The van der Waals surface area contributed by atoms with Crippen molar-refractivity contribution < 1.29 is 5.11 Å². The third kappa shape index (κ3) is 2.61. The molecular weight excluding hydrogens is 202 g/mol. The highest BCUT2D eigenvalue weighted by atomic mass is 16.3. The zero-order valence-corrected chi connectivity index (χ0v) is 11.0. The van der Waals surface area contributed by atoms with E-state index < -0.39 is 0 Å². The summed E-state index contributed by atoms with van der Waals surface area (Å²) in [5, 5.41) is 17.6. The Morgan fingerprint density at radius 3 is 2.38 bits per heavy atom. The predicted octanol–water partition coefficient (Wildman–Crippen LogP) is 2.11. The Hall–Kier alpha value is -0.900. The predicted molar refractivity (Wildman–Crippen MR) is 64.1 cm³/mol. The van der Waals surface area contributed by atoms with Gasteiger partial charge in [-0.05, 0) is 12.3 Å². The van der Waals surface area contributed by atoms with Crippen LogP contribution in [0.1, 0.15) is 52.7 Å². The lowest BCUT2D eigenvalue weighted by Gasteiger charge is -2.23. The quantitative estimate of drug-likeness (QED) is 0.835. The van der Waals surface area contributed by atoms with E-state index in [1.807, 2.05) is 0 Å². The molecule has 1 N–H and O–H groups in total. The van der Waals surface area contributed by atoms with Crippen LogP contribution in [0.4, 0.5) is 0 Å². The van der Waals surface area contributed by atoms with E-state index in [0.717, 1.165) is 18.8 Å². The minimum Gasteiger partial charge on any atom is -0.388 e. The molecule has 0 bridgehead atoms. The van der Waals surface area contributed by atoms with E-state index in [4.69, 9.17) is 0 Å². The lowest BCUT2D eigenvalue weighted by atomic mass is 9.89. The van der Waals surface area contributed by atoms with Crippen LogP contribution in [0.5, 0.6) is 0 Å². The highest BCUT2D eigenvalue weighted by Crippen LogP contribution is 2.26. The molecule has 0 unspecified atom stereocenters. The van der Waals surface area contributed by atoms with Crippen molar-refractivity contribution in [3.05, 3.63) is 11.6 Å². The van der Waals surface area contributed by atoms with Gasteiger partial charge in [0.05, 0.1) is 0 Å². The summed E-state index contributed by atoms with van der Waals surface area (Å²) in [4.78, 5) is 0. The molecule has 0 radical (unpaired) electrons. The molecule has 16 heavy (non-hydrogen) atoms. The molecule has 0 aliphatic rings. The largest absolute Gasteiger partial charge is 0.388 e. The number of rotatable bonds is 5. The van der Waals surface area contributed by atoms with Crippen molar-refractivity contribution in [2.24, 2.45) is 5.92 Å². The topological polar surface area (TPSA) is 50.9 Å². The van der Waals surface area contributed by atoms with Crippen molar-refractivity contribution in [2.75, 3.05) is 0 Å². The summed E-state index contributed by atoms with van der Waals surface area (Å²) < 4.78 is 2.06. The molecule has 1 heterocycles. The van der Waals surface area contributed by atoms with Crippen LogP contribution in [0.15, 0.2) is 0 Å². The van der Waals surface area contributed by atoms with E-state index in [1.54, 1.807) is 0 Å². The maximum atomic E-state index is 9.26. The molecule has 4 heteroatoms. The Balaban J connectivity index is 3.14. The molecule has 0 spiro atoms. The van der Waals surface area contributed by atoms with Crippen LogP contribution in [-0.2, 0) is 18.6 Å². The fourth-order valence-corrected chi connectivity index (χ4v) is 1.67. The van der Waals surface area contributed by atoms with Gasteiger partial charge in [0.15, 0.2) is 5.82 Å². The van der Waals surface area contributed by atoms with Gasteiger partial charge in [-0.1, -0.05) is 34.6 Å². The number of hydrogen-bond donors (Lipinski definition) is 1. The average molecular weight is 225 g/mol. The third-order valence-electron chi connectivity index (χ3n) is 3.01. The van der Waals surface area contributed by atoms with Gasteiger partial charge < -0.3 is 9.67 Å². The Bertz CT molecular complexity index is 342. The zero-order chi connectivity index (χ0) is 12.3. The van der Waals surface area contributed by atoms with Crippen molar-refractivity contribution >= 4 is 0 Å². The molecule has 0 aromatic carbocycles. The van der Waals surface area contributed by atoms with E-state index in [2.05, 4.69) is 49.4 Å². The van der Waals surface area contributed by atoms with Gasteiger partial charge in [0.1, 0.15) is 12.4 Å².